The quantitative estimate of drug-likeness (QED) is 0.787. The summed E-state index contributed by atoms with van der Waals surface area (Å²) in [6.07, 6.45) is 0. The fourth-order valence-electron chi connectivity index (χ4n) is 1.43. The van der Waals surface area contributed by atoms with Crippen LogP contribution in [0.15, 0.2) is 27.4 Å². The second-order valence-corrected chi connectivity index (χ2v) is 6.82. The van der Waals surface area contributed by atoms with Crippen LogP contribution in [-0.2, 0) is 0 Å². The van der Waals surface area contributed by atoms with Crippen molar-refractivity contribution >= 4 is 68.0 Å². The third-order valence-electron chi connectivity index (χ3n) is 2.36. The first-order valence-corrected chi connectivity index (χ1v) is 7.59. The summed E-state index contributed by atoms with van der Waals surface area (Å²) >= 11 is 16.5. The zero-order valence-corrected chi connectivity index (χ0v) is 13.5. The minimum atomic E-state index is -1.14. The third-order valence-corrected chi connectivity index (χ3v) is 4.46. The molecule has 0 aliphatic carbocycles. The van der Waals surface area contributed by atoms with Crippen molar-refractivity contribution in [3.8, 4) is 0 Å². The van der Waals surface area contributed by atoms with Crippen molar-refractivity contribution < 1.29 is 14.7 Å². The Kier molecular flexibility index (Phi) is 4.70. The molecule has 104 valence electrons. The SMILES string of the molecule is O=C(O)c1cc(Cl)c(NC(=O)c2csc(Br)c2)c(Cl)c1. The van der Waals surface area contributed by atoms with Crippen LogP contribution < -0.4 is 5.32 Å². The highest BCUT2D eigenvalue weighted by molar-refractivity contribution is 9.11. The van der Waals surface area contributed by atoms with Gasteiger partial charge in [-0.3, -0.25) is 4.79 Å². The van der Waals surface area contributed by atoms with E-state index in [2.05, 4.69) is 21.2 Å². The van der Waals surface area contributed by atoms with Crippen LogP contribution in [0.25, 0.3) is 0 Å². The predicted molar refractivity (Wildman–Crippen MR) is 83.4 cm³/mol. The number of halogens is 3. The van der Waals surface area contributed by atoms with E-state index >= 15 is 0 Å². The highest BCUT2D eigenvalue weighted by Crippen LogP contribution is 2.32. The van der Waals surface area contributed by atoms with Crippen molar-refractivity contribution in [2.45, 2.75) is 0 Å². The highest BCUT2D eigenvalue weighted by atomic mass is 79.9. The van der Waals surface area contributed by atoms with Crippen LogP contribution in [0.3, 0.4) is 0 Å². The van der Waals surface area contributed by atoms with Gasteiger partial charge < -0.3 is 10.4 Å². The number of aromatic carboxylic acids is 1. The molecule has 0 atom stereocenters. The van der Waals surface area contributed by atoms with Crippen LogP contribution in [0.4, 0.5) is 5.69 Å². The van der Waals surface area contributed by atoms with Gasteiger partial charge in [-0.25, -0.2) is 4.79 Å². The molecular weight excluding hydrogens is 389 g/mol. The molecule has 1 heterocycles. The maximum atomic E-state index is 12.0. The number of carbonyl (C=O) groups is 2. The summed E-state index contributed by atoms with van der Waals surface area (Å²) in [7, 11) is 0. The lowest BCUT2D eigenvalue weighted by molar-refractivity contribution is 0.0696. The van der Waals surface area contributed by atoms with Crippen molar-refractivity contribution in [2.24, 2.45) is 0 Å². The molecule has 2 N–H and O–H groups in total. The minimum Gasteiger partial charge on any atom is -0.478 e. The highest BCUT2D eigenvalue weighted by Gasteiger charge is 2.16. The van der Waals surface area contributed by atoms with Crippen molar-refractivity contribution in [1.82, 2.24) is 0 Å². The second kappa shape index (κ2) is 6.13. The zero-order valence-electron chi connectivity index (χ0n) is 9.62. The summed E-state index contributed by atoms with van der Waals surface area (Å²) in [6.45, 7) is 0. The first-order valence-electron chi connectivity index (χ1n) is 5.16. The molecule has 0 fully saturated rings. The fourth-order valence-corrected chi connectivity index (χ4v) is 3.15. The van der Waals surface area contributed by atoms with Crippen LogP contribution in [0.5, 0.6) is 0 Å². The van der Waals surface area contributed by atoms with Crippen LogP contribution in [-0.4, -0.2) is 17.0 Å². The number of thiophene rings is 1. The molecule has 1 aromatic heterocycles. The molecule has 0 aliphatic heterocycles. The van der Waals surface area contributed by atoms with Gasteiger partial charge in [-0.05, 0) is 34.1 Å². The molecule has 0 saturated heterocycles. The van der Waals surface area contributed by atoms with Gasteiger partial charge in [0.1, 0.15) is 0 Å². The number of benzene rings is 1. The molecule has 2 aromatic rings. The molecule has 8 heteroatoms. The normalized spacial score (nSPS) is 10.3. The Bertz CT molecular complexity index is 679. The molecule has 1 amide bonds. The van der Waals surface area contributed by atoms with Crippen molar-refractivity contribution in [3.05, 3.63) is 48.5 Å². The lowest BCUT2D eigenvalue weighted by Crippen LogP contribution is -2.12. The number of anilines is 1. The summed E-state index contributed by atoms with van der Waals surface area (Å²) in [5.74, 6) is -1.52. The first kappa shape index (κ1) is 15.3. The van der Waals surface area contributed by atoms with Gasteiger partial charge in [-0.2, -0.15) is 0 Å². The molecule has 0 bridgehead atoms. The van der Waals surface area contributed by atoms with E-state index in [1.54, 1.807) is 11.4 Å². The van der Waals surface area contributed by atoms with Gasteiger partial charge in [0, 0.05) is 5.38 Å². The Labute approximate surface area is 136 Å². The number of hydrogen-bond acceptors (Lipinski definition) is 3. The molecule has 0 radical (unpaired) electrons. The van der Waals surface area contributed by atoms with Crippen molar-refractivity contribution in [2.75, 3.05) is 5.32 Å². The summed E-state index contributed by atoms with van der Waals surface area (Å²) in [5.41, 5.74) is 0.596. The van der Waals surface area contributed by atoms with Crippen molar-refractivity contribution in [3.63, 3.8) is 0 Å². The van der Waals surface area contributed by atoms with Gasteiger partial charge in [-0.1, -0.05) is 23.2 Å². The van der Waals surface area contributed by atoms with Crippen molar-refractivity contribution in [1.29, 1.82) is 0 Å². The summed E-state index contributed by atoms with van der Waals surface area (Å²) in [5, 5.41) is 13.3. The average molecular weight is 395 g/mol. The largest absolute Gasteiger partial charge is 0.478 e. The first-order chi connectivity index (χ1) is 9.38. The zero-order chi connectivity index (χ0) is 14.9. The van der Waals surface area contributed by atoms with Gasteiger partial charge in [-0.15, -0.1) is 11.3 Å². The summed E-state index contributed by atoms with van der Waals surface area (Å²) in [6, 6.07) is 4.12. The molecule has 20 heavy (non-hydrogen) atoms. The lowest BCUT2D eigenvalue weighted by atomic mass is 10.2. The van der Waals surface area contributed by atoms with E-state index in [0.717, 1.165) is 3.79 Å². The van der Waals surface area contributed by atoms with E-state index in [-0.39, 0.29) is 27.2 Å². The number of rotatable bonds is 3. The second-order valence-electron chi connectivity index (χ2n) is 3.71. The molecular formula is C12H6BrCl2NO3S. The van der Waals surface area contributed by atoms with Gasteiger partial charge in [0.05, 0.1) is 30.6 Å². The van der Waals surface area contributed by atoms with Gasteiger partial charge in [0.15, 0.2) is 0 Å². The summed E-state index contributed by atoms with van der Waals surface area (Å²) < 4.78 is 0.820. The van der Waals surface area contributed by atoms with Crippen LogP contribution in [0.2, 0.25) is 10.0 Å². The Morgan fingerprint density at radius 2 is 1.75 bits per heavy atom. The lowest BCUT2D eigenvalue weighted by Gasteiger charge is -2.09. The van der Waals surface area contributed by atoms with Gasteiger partial charge in [0.2, 0.25) is 0 Å². The van der Waals surface area contributed by atoms with Crippen LogP contribution >= 0.6 is 50.5 Å². The van der Waals surface area contributed by atoms with Gasteiger partial charge >= 0.3 is 5.97 Å². The minimum absolute atomic E-state index is 0.0451. The molecule has 4 nitrogen and oxygen atoms in total. The molecule has 2 rings (SSSR count). The van der Waals surface area contributed by atoms with E-state index in [1.807, 2.05) is 0 Å². The standard InChI is InChI=1S/C12H6BrCl2NO3S/c13-9-3-6(4-20-9)11(17)16-10-7(14)1-5(12(18)19)2-8(10)15/h1-4H,(H,16,17)(H,18,19). The smallest absolute Gasteiger partial charge is 0.335 e. The topological polar surface area (TPSA) is 66.4 Å². The third kappa shape index (κ3) is 3.32. The predicted octanol–water partition coefficient (Wildman–Crippen LogP) is 4.77. The monoisotopic (exact) mass is 393 g/mol. The Balaban J connectivity index is 2.30. The number of carbonyl (C=O) groups excluding carboxylic acids is 1. The van der Waals surface area contributed by atoms with E-state index in [1.165, 1.54) is 23.5 Å². The number of hydrogen-bond donors (Lipinski definition) is 2. The average Bonchev–Trinajstić information content (AvgIpc) is 2.80. The Morgan fingerprint density at radius 3 is 2.20 bits per heavy atom. The molecule has 0 saturated carbocycles. The number of nitrogens with one attached hydrogen (secondary N) is 1. The fraction of sp³-hybridized carbons (Fsp3) is 0. The Hall–Kier alpha value is -1.08. The number of amides is 1. The Morgan fingerprint density at radius 1 is 1.15 bits per heavy atom. The maximum absolute atomic E-state index is 12.0. The van der Waals surface area contributed by atoms with E-state index in [0.29, 0.717) is 5.56 Å². The maximum Gasteiger partial charge on any atom is 0.335 e. The van der Waals surface area contributed by atoms with E-state index in [9.17, 15) is 9.59 Å². The number of carboxylic acids is 1. The van der Waals surface area contributed by atoms with E-state index in [4.69, 9.17) is 28.3 Å². The molecule has 1 aromatic carbocycles. The molecule has 0 spiro atoms. The summed E-state index contributed by atoms with van der Waals surface area (Å²) in [4.78, 5) is 22.8. The molecule has 0 unspecified atom stereocenters. The van der Waals surface area contributed by atoms with Crippen LogP contribution in [0, 0.1) is 0 Å². The van der Waals surface area contributed by atoms with E-state index < -0.39 is 5.97 Å². The van der Waals surface area contributed by atoms with Gasteiger partial charge in [0.25, 0.3) is 5.91 Å². The number of carboxylic acid groups (broad SMARTS) is 1. The van der Waals surface area contributed by atoms with Crippen LogP contribution in [0.1, 0.15) is 20.7 Å². The molecule has 0 aliphatic rings.